The Morgan fingerprint density at radius 1 is 0.826 bits per heavy atom. The highest BCUT2D eigenvalue weighted by atomic mass is 15.1. The van der Waals surface area contributed by atoms with E-state index in [1.54, 1.807) is 0 Å². The summed E-state index contributed by atoms with van der Waals surface area (Å²) in [6.07, 6.45) is 10.2. The molecule has 0 unspecified atom stereocenters. The van der Waals surface area contributed by atoms with Gasteiger partial charge in [-0.3, -0.25) is 4.98 Å². The molecule has 0 saturated heterocycles. The Hall–Kier alpha value is -2.87. The molecule has 0 spiro atoms. The molecule has 0 amide bonds. The number of benzene rings is 2. The summed E-state index contributed by atoms with van der Waals surface area (Å²) in [5.41, 5.74) is 4.61. The SMILES string of the molecule is CN(C)c1ccc(/C=C/C=C\c2ccnc3ccccc23)cc1. The van der Waals surface area contributed by atoms with E-state index >= 15 is 0 Å². The highest BCUT2D eigenvalue weighted by Crippen LogP contribution is 2.17. The van der Waals surface area contributed by atoms with Gasteiger partial charge in [0.2, 0.25) is 0 Å². The van der Waals surface area contributed by atoms with Gasteiger partial charge < -0.3 is 4.90 Å². The molecule has 0 bridgehead atoms. The van der Waals surface area contributed by atoms with Gasteiger partial charge in [0.15, 0.2) is 0 Å². The average Bonchev–Trinajstić information content (AvgIpc) is 2.59. The maximum absolute atomic E-state index is 4.38. The average molecular weight is 300 g/mol. The lowest BCUT2D eigenvalue weighted by Gasteiger charge is -2.11. The van der Waals surface area contributed by atoms with Crippen molar-refractivity contribution in [3.63, 3.8) is 0 Å². The van der Waals surface area contributed by atoms with Crippen LogP contribution >= 0.6 is 0 Å². The van der Waals surface area contributed by atoms with Gasteiger partial charge in [-0.05, 0) is 35.4 Å². The Kier molecular flexibility index (Phi) is 4.53. The molecule has 0 fully saturated rings. The van der Waals surface area contributed by atoms with Gasteiger partial charge >= 0.3 is 0 Å². The van der Waals surface area contributed by atoms with E-state index in [1.807, 2.05) is 44.6 Å². The monoisotopic (exact) mass is 300 g/mol. The number of allylic oxidation sites excluding steroid dienone is 2. The fraction of sp³-hybridized carbons (Fsp3) is 0.0952. The van der Waals surface area contributed by atoms with Crippen molar-refractivity contribution >= 4 is 28.7 Å². The highest BCUT2D eigenvalue weighted by Gasteiger charge is 1.96. The molecule has 0 aliphatic carbocycles. The summed E-state index contributed by atoms with van der Waals surface area (Å²) in [5, 5.41) is 1.18. The number of rotatable bonds is 4. The van der Waals surface area contributed by atoms with Crippen molar-refractivity contribution < 1.29 is 0 Å². The fourth-order valence-electron chi connectivity index (χ4n) is 2.47. The number of hydrogen-bond acceptors (Lipinski definition) is 2. The van der Waals surface area contributed by atoms with Crippen LogP contribution in [0, 0.1) is 0 Å². The van der Waals surface area contributed by atoms with Gasteiger partial charge in [-0.15, -0.1) is 0 Å². The molecule has 0 radical (unpaired) electrons. The van der Waals surface area contributed by atoms with Gasteiger partial charge in [0.25, 0.3) is 0 Å². The third-order valence-corrected chi connectivity index (χ3v) is 3.77. The molecule has 2 aromatic carbocycles. The number of hydrogen-bond donors (Lipinski definition) is 0. The predicted octanol–water partition coefficient (Wildman–Crippen LogP) is 5.03. The fourth-order valence-corrected chi connectivity index (χ4v) is 2.47. The molecular formula is C21H20N2. The van der Waals surface area contributed by atoms with Gasteiger partial charge in [0.05, 0.1) is 5.52 Å². The van der Waals surface area contributed by atoms with Gasteiger partial charge in [-0.2, -0.15) is 0 Å². The van der Waals surface area contributed by atoms with Crippen molar-refractivity contribution in [3.05, 3.63) is 84.1 Å². The van der Waals surface area contributed by atoms with Crippen LogP contribution < -0.4 is 4.90 Å². The second kappa shape index (κ2) is 6.93. The summed E-state index contributed by atoms with van der Waals surface area (Å²) in [4.78, 5) is 6.48. The van der Waals surface area contributed by atoms with Gasteiger partial charge in [-0.25, -0.2) is 0 Å². The van der Waals surface area contributed by atoms with E-state index in [1.165, 1.54) is 22.2 Å². The molecule has 23 heavy (non-hydrogen) atoms. The number of nitrogens with zero attached hydrogens (tertiary/aromatic N) is 2. The van der Waals surface area contributed by atoms with Crippen LogP contribution in [0.1, 0.15) is 11.1 Å². The largest absolute Gasteiger partial charge is 0.378 e. The Balaban J connectivity index is 1.75. The molecule has 0 aliphatic rings. The van der Waals surface area contributed by atoms with Crippen LogP contribution in [-0.2, 0) is 0 Å². The maximum atomic E-state index is 4.38. The Bertz CT molecular complexity index is 838. The molecule has 1 heterocycles. The van der Waals surface area contributed by atoms with Gasteiger partial charge in [0.1, 0.15) is 0 Å². The second-order valence-electron chi connectivity index (χ2n) is 5.62. The van der Waals surface area contributed by atoms with E-state index in [-0.39, 0.29) is 0 Å². The van der Waals surface area contributed by atoms with E-state index in [2.05, 4.69) is 64.5 Å². The molecule has 0 N–H and O–H groups in total. The first-order chi connectivity index (χ1) is 11.2. The van der Waals surface area contributed by atoms with Crippen molar-refractivity contribution in [2.24, 2.45) is 0 Å². The first-order valence-electron chi connectivity index (χ1n) is 7.70. The molecular weight excluding hydrogens is 280 g/mol. The quantitative estimate of drug-likeness (QED) is 0.628. The Morgan fingerprint density at radius 3 is 2.35 bits per heavy atom. The van der Waals surface area contributed by atoms with Crippen molar-refractivity contribution in [1.82, 2.24) is 4.98 Å². The lowest BCUT2D eigenvalue weighted by atomic mass is 10.1. The lowest BCUT2D eigenvalue weighted by molar-refractivity contribution is 1.13. The highest BCUT2D eigenvalue weighted by molar-refractivity contribution is 5.87. The summed E-state index contributed by atoms with van der Waals surface area (Å²) in [7, 11) is 4.10. The molecule has 2 nitrogen and oxygen atoms in total. The van der Waals surface area contributed by atoms with E-state index in [0.29, 0.717) is 0 Å². The van der Waals surface area contributed by atoms with Crippen LogP contribution in [0.3, 0.4) is 0 Å². The summed E-state index contributed by atoms with van der Waals surface area (Å²) in [6.45, 7) is 0. The van der Waals surface area contributed by atoms with E-state index < -0.39 is 0 Å². The number of pyridine rings is 1. The lowest BCUT2D eigenvalue weighted by Crippen LogP contribution is -2.07. The Morgan fingerprint density at radius 2 is 1.57 bits per heavy atom. The summed E-state index contributed by atoms with van der Waals surface area (Å²) in [6, 6.07) is 18.7. The Labute approximate surface area is 137 Å². The van der Waals surface area contributed by atoms with Crippen LogP contribution in [-0.4, -0.2) is 19.1 Å². The van der Waals surface area contributed by atoms with E-state index in [0.717, 1.165) is 5.52 Å². The molecule has 3 aromatic rings. The zero-order valence-electron chi connectivity index (χ0n) is 13.5. The normalized spacial score (nSPS) is 11.6. The van der Waals surface area contributed by atoms with E-state index in [9.17, 15) is 0 Å². The van der Waals surface area contributed by atoms with Crippen molar-refractivity contribution in [2.75, 3.05) is 19.0 Å². The van der Waals surface area contributed by atoms with Crippen LogP contribution in [0.25, 0.3) is 23.1 Å². The molecule has 2 heteroatoms. The van der Waals surface area contributed by atoms with Gasteiger partial charge in [-0.1, -0.05) is 54.6 Å². The zero-order valence-corrected chi connectivity index (χ0v) is 13.5. The van der Waals surface area contributed by atoms with Crippen LogP contribution in [0.2, 0.25) is 0 Å². The molecule has 3 rings (SSSR count). The van der Waals surface area contributed by atoms with Crippen molar-refractivity contribution in [2.45, 2.75) is 0 Å². The molecule has 114 valence electrons. The minimum Gasteiger partial charge on any atom is -0.378 e. The number of anilines is 1. The molecule has 0 atom stereocenters. The third kappa shape index (κ3) is 3.67. The predicted molar refractivity (Wildman–Crippen MR) is 101 cm³/mol. The standard InChI is InChI=1S/C21H20N2/c1-23(2)19-13-11-17(12-14-19)7-3-4-8-18-15-16-22-21-10-6-5-9-20(18)21/h3-16H,1-2H3/b7-3+,8-4-. The molecule has 0 aliphatic heterocycles. The number of para-hydroxylation sites is 1. The first-order valence-corrected chi connectivity index (χ1v) is 7.70. The smallest absolute Gasteiger partial charge is 0.0707 e. The van der Waals surface area contributed by atoms with Crippen LogP contribution in [0.15, 0.2) is 72.9 Å². The first kappa shape index (κ1) is 15.0. The topological polar surface area (TPSA) is 16.1 Å². The summed E-state index contributed by atoms with van der Waals surface area (Å²) >= 11 is 0. The van der Waals surface area contributed by atoms with Gasteiger partial charge in [0, 0.05) is 31.4 Å². The minimum atomic E-state index is 1.03. The van der Waals surface area contributed by atoms with Crippen molar-refractivity contribution in [3.8, 4) is 0 Å². The van der Waals surface area contributed by atoms with E-state index in [4.69, 9.17) is 0 Å². The van der Waals surface area contributed by atoms with Crippen LogP contribution in [0.4, 0.5) is 5.69 Å². The number of fused-ring (bicyclic) bond motifs is 1. The summed E-state index contributed by atoms with van der Waals surface area (Å²) in [5.74, 6) is 0. The minimum absolute atomic E-state index is 1.03. The van der Waals surface area contributed by atoms with Crippen LogP contribution in [0.5, 0.6) is 0 Å². The zero-order chi connectivity index (χ0) is 16.1. The third-order valence-electron chi connectivity index (χ3n) is 3.77. The number of aromatic nitrogens is 1. The maximum Gasteiger partial charge on any atom is 0.0707 e. The van der Waals surface area contributed by atoms with Crippen molar-refractivity contribution in [1.29, 1.82) is 0 Å². The second-order valence-corrected chi connectivity index (χ2v) is 5.62. The molecule has 0 saturated carbocycles. The molecule has 1 aromatic heterocycles. The summed E-state index contributed by atoms with van der Waals surface area (Å²) < 4.78 is 0.